The molecule has 0 aliphatic carbocycles. The molecule has 1 heterocycles. The van der Waals surface area contributed by atoms with Crippen LogP contribution >= 0.6 is 0 Å². The standard InChI is InChI=1S/C13H16FN3O/c1-3-13(2,12(16)18)17-7-8-4-5-9(14)6-10(8)11(17)15/h4-6,15H,3,7H2,1-2H3,(H2,16,18). The number of nitrogens with zero attached hydrogens (tertiary/aromatic N) is 1. The third-order valence-electron chi connectivity index (χ3n) is 3.74. The van der Waals surface area contributed by atoms with E-state index in [0.717, 1.165) is 5.56 Å². The zero-order chi connectivity index (χ0) is 13.5. The van der Waals surface area contributed by atoms with Crippen LogP contribution in [-0.4, -0.2) is 22.2 Å². The number of nitrogens with one attached hydrogen (secondary N) is 1. The number of fused-ring (bicyclic) bond motifs is 1. The predicted octanol–water partition coefficient (Wildman–Crippen LogP) is 1.62. The van der Waals surface area contributed by atoms with Crippen molar-refractivity contribution >= 4 is 11.7 Å². The number of benzene rings is 1. The number of amidine groups is 1. The molecule has 1 aliphatic rings. The van der Waals surface area contributed by atoms with E-state index in [1.807, 2.05) is 6.92 Å². The highest BCUT2D eigenvalue weighted by Gasteiger charge is 2.41. The molecule has 0 saturated carbocycles. The summed E-state index contributed by atoms with van der Waals surface area (Å²) in [7, 11) is 0. The Labute approximate surface area is 105 Å². The van der Waals surface area contributed by atoms with Gasteiger partial charge in [-0.3, -0.25) is 10.2 Å². The van der Waals surface area contributed by atoms with E-state index in [1.165, 1.54) is 12.1 Å². The van der Waals surface area contributed by atoms with Crippen LogP contribution in [0.15, 0.2) is 18.2 Å². The zero-order valence-corrected chi connectivity index (χ0v) is 10.5. The van der Waals surface area contributed by atoms with Crippen molar-refractivity contribution in [2.24, 2.45) is 5.73 Å². The Balaban J connectivity index is 2.43. The summed E-state index contributed by atoms with van der Waals surface area (Å²) in [6.45, 7) is 3.98. The Morgan fingerprint density at radius 1 is 1.61 bits per heavy atom. The second-order valence-electron chi connectivity index (χ2n) is 4.73. The lowest BCUT2D eigenvalue weighted by molar-refractivity contribution is -0.127. The Kier molecular flexibility index (Phi) is 2.84. The predicted molar refractivity (Wildman–Crippen MR) is 66.7 cm³/mol. The molecule has 1 atom stereocenters. The van der Waals surface area contributed by atoms with Gasteiger partial charge in [0.25, 0.3) is 0 Å². The number of hydrogen-bond donors (Lipinski definition) is 2. The van der Waals surface area contributed by atoms with Gasteiger partial charge in [0, 0.05) is 12.1 Å². The fraction of sp³-hybridized carbons (Fsp3) is 0.385. The molecule has 1 aliphatic heterocycles. The molecule has 4 nitrogen and oxygen atoms in total. The average Bonchev–Trinajstić information content (AvgIpc) is 2.66. The van der Waals surface area contributed by atoms with E-state index < -0.39 is 11.4 Å². The highest BCUT2D eigenvalue weighted by Crippen LogP contribution is 2.31. The summed E-state index contributed by atoms with van der Waals surface area (Å²) >= 11 is 0. The molecule has 3 N–H and O–H groups in total. The maximum atomic E-state index is 13.2. The number of primary amides is 1. The molecular formula is C13H16FN3O. The first-order valence-corrected chi connectivity index (χ1v) is 5.85. The maximum Gasteiger partial charge on any atom is 0.243 e. The van der Waals surface area contributed by atoms with Crippen molar-refractivity contribution in [2.75, 3.05) is 0 Å². The summed E-state index contributed by atoms with van der Waals surface area (Å²) in [6, 6.07) is 4.34. The van der Waals surface area contributed by atoms with Crippen molar-refractivity contribution < 1.29 is 9.18 Å². The van der Waals surface area contributed by atoms with Gasteiger partial charge in [0.1, 0.15) is 17.2 Å². The van der Waals surface area contributed by atoms with Crippen LogP contribution in [0.4, 0.5) is 4.39 Å². The fourth-order valence-corrected chi connectivity index (χ4v) is 2.22. The van der Waals surface area contributed by atoms with Gasteiger partial charge in [0.05, 0.1) is 0 Å². The topological polar surface area (TPSA) is 70.2 Å². The van der Waals surface area contributed by atoms with E-state index in [0.29, 0.717) is 18.5 Å². The van der Waals surface area contributed by atoms with E-state index in [2.05, 4.69) is 0 Å². The average molecular weight is 249 g/mol. The van der Waals surface area contributed by atoms with Gasteiger partial charge in [-0.25, -0.2) is 4.39 Å². The van der Waals surface area contributed by atoms with Crippen molar-refractivity contribution in [1.29, 1.82) is 5.41 Å². The smallest absolute Gasteiger partial charge is 0.243 e. The zero-order valence-electron chi connectivity index (χ0n) is 10.5. The minimum absolute atomic E-state index is 0.160. The minimum atomic E-state index is -0.910. The number of rotatable bonds is 3. The maximum absolute atomic E-state index is 13.2. The monoisotopic (exact) mass is 249 g/mol. The van der Waals surface area contributed by atoms with Crippen LogP contribution in [0.3, 0.4) is 0 Å². The molecule has 0 fully saturated rings. The molecule has 1 aromatic rings. The van der Waals surface area contributed by atoms with E-state index in [9.17, 15) is 9.18 Å². The van der Waals surface area contributed by atoms with Crippen LogP contribution in [0.2, 0.25) is 0 Å². The fourth-order valence-electron chi connectivity index (χ4n) is 2.22. The lowest BCUT2D eigenvalue weighted by Gasteiger charge is -2.36. The lowest BCUT2D eigenvalue weighted by Crippen LogP contribution is -2.55. The van der Waals surface area contributed by atoms with Gasteiger partial charge in [-0.05, 0) is 31.0 Å². The Morgan fingerprint density at radius 3 is 2.83 bits per heavy atom. The molecule has 0 spiro atoms. The lowest BCUT2D eigenvalue weighted by atomic mass is 9.95. The van der Waals surface area contributed by atoms with E-state index in [-0.39, 0.29) is 11.7 Å². The molecule has 0 radical (unpaired) electrons. The van der Waals surface area contributed by atoms with E-state index >= 15 is 0 Å². The number of carbonyl (C=O) groups is 1. The van der Waals surface area contributed by atoms with Gasteiger partial charge in [0.2, 0.25) is 5.91 Å². The molecule has 5 heteroatoms. The summed E-state index contributed by atoms with van der Waals surface area (Å²) in [5.74, 6) is -0.687. The van der Waals surface area contributed by atoms with Crippen molar-refractivity contribution in [3.8, 4) is 0 Å². The molecule has 1 unspecified atom stereocenters. The highest BCUT2D eigenvalue weighted by molar-refractivity contribution is 6.03. The summed E-state index contributed by atoms with van der Waals surface area (Å²) in [5.41, 5.74) is 5.91. The number of carbonyl (C=O) groups excluding carboxylic acids is 1. The van der Waals surface area contributed by atoms with Crippen LogP contribution in [0, 0.1) is 11.2 Å². The third-order valence-corrected chi connectivity index (χ3v) is 3.74. The third kappa shape index (κ3) is 1.66. The summed E-state index contributed by atoms with van der Waals surface area (Å²) in [5, 5.41) is 8.09. The van der Waals surface area contributed by atoms with Crippen LogP contribution < -0.4 is 5.73 Å². The quantitative estimate of drug-likeness (QED) is 0.854. The van der Waals surface area contributed by atoms with Crippen molar-refractivity contribution in [3.05, 3.63) is 35.1 Å². The first kappa shape index (κ1) is 12.5. The van der Waals surface area contributed by atoms with Crippen molar-refractivity contribution in [3.63, 3.8) is 0 Å². The van der Waals surface area contributed by atoms with Crippen molar-refractivity contribution in [2.45, 2.75) is 32.4 Å². The van der Waals surface area contributed by atoms with Crippen molar-refractivity contribution in [1.82, 2.24) is 4.90 Å². The van der Waals surface area contributed by atoms with E-state index in [1.54, 1.807) is 17.9 Å². The summed E-state index contributed by atoms with van der Waals surface area (Å²) < 4.78 is 13.2. The molecule has 1 amide bonds. The van der Waals surface area contributed by atoms with Crippen LogP contribution in [-0.2, 0) is 11.3 Å². The van der Waals surface area contributed by atoms with Gasteiger partial charge < -0.3 is 10.6 Å². The van der Waals surface area contributed by atoms with Gasteiger partial charge in [-0.1, -0.05) is 13.0 Å². The number of halogens is 1. The van der Waals surface area contributed by atoms with E-state index in [4.69, 9.17) is 11.1 Å². The Hall–Kier alpha value is -1.91. The molecule has 0 aromatic heterocycles. The second kappa shape index (κ2) is 4.08. The van der Waals surface area contributed by atoms with Gasteiger partial charge in [0.15, 0.2) is 0 Å². The summed E-state index contributed by atoms with van der Waals surface area (Å²) in [6.07, 6.45) is 0.501. The number of nitrogens with two attached hydrogens (primary N) is 1. The number of amides is 1. The molecule has 96 valence electrons. The molecule has 2 rings (SSSR count). The normalized spacial score (nSPS) is 17.5. The number of hydrogen-bond acceptors (Lipinski definition) is 2. The van der Waals surface area contributed by atoms with Crippen LogP contribution in [0.1, 0.15) is 31.4 Å². The van der Waals surface area contributed by atoms with Gasteiger partial charge >= 0.3 is 0 Å². The first-order valence-electron chi connectivity index (χ1n) is 5.85. The molecule has 0 saturated heterocycles. The molecule has 1 aromatic carbocycles. The Bertz CT molecular complexity index is 529. The van der Waals surface area contributed by atoms with Gasteiger partial charge in [-0.2, -0.15) is 0 Å². The van der Waals surface area contributed by atoms with Crippen LogP contribution in [0.5, 0.6) is 0 Å². The minimum Gasteiger partial charge on any atom is -0.368 e. The first-order chi connectivity index (χ1) is 8.40. The summed E-state index contributed by atoms with van der Waals surface area (Å²) in [4.78, 5) is 13.3. The van der Waals surface area contributed by atoms with Gasteiger partial charge in [-0.15, -0.1) is 0 Å². The molecule has 0 bridgehead atoms. The highest BCUT2D eigenvalue weighted by atomic mass is 19.1. The SMILES string of the molecule is CCC(C)(C(N)=O)N1Cc2ccc(F)cc2C1=N. The Morgan fingerprint density at radius 2 is 2.28 bits per heavy atom. The van der Waals surface area contributed by atoms with Crippen LogP contribution in [0.25, 0.3) is 0 Å². The largest absolute Gasteiger partial charge is 0.368 e. The second-order valence-corrected chi connectivity index (χ2v) is 4.73. The molecular weight excluding hydrogens is 233 g/mol. The molecule has 18 heavy (non-hydrogen) atoms.